The van der Waals surface area contributed by atoms with E-state index >= 15 is 0 Å². The van der Waals surface area contributed by atoms with Crippen LogP contribution in [-0.4, -0.2) is 66.5 Å². The topological polar surface area (TPSA) is 155 Å². The van der Waals surface area contributed by atoms with Gasteiger partial charge in [-0.1, -0.05) is 212 Å². The molecule has 0 radical (unpaired) electrons. The minimum absolute atomic E-state index is 0.165. The Morgan fingerprint density at radius 2 is 0.676 bits per heavy atom. The molecule has 400 valence electrons. The molecule has 0 saturated heterocycles. The maximum atomic E-state index is 12.9. The third kappa shape index (κ3) is 49.0. The third-order valence-corrected chi connectivity index (χ3v) is 13.3. The number of hydrogen-bond donors (Lipinski definition) is 2. The monoisotopic (exact) mass is 985 g/mol. The lowest BCUT2D eigenvalue weighted by Crippen LogP contribution is -2.30. The molecule has 0 heterocycles. The van der Waals surface area contributed by atoms with Crippen molar-refractivity contribution in [1.29, 1.82) is 0 Å². The molecule has 0 bridgehead atoms. The number of hydrogen-bond acceptors (Lipinski definition) is 10. The number of aliphatic hydroxyl groups excluding tert-OH is 1. The fourth-order valence-corrected chi connectivity index (χ4v) is 8.78. The van der Waals surface area contributed by atoms with Crippen LogP contribution in [0.25, 0.3) is 0 Å². The van der Waals surface area contributed by atoms with E-state index in [9.17, 15) is 28.9 Å². The van der Waals surface area contributed by atoms with Gasteiger partial charge in [0.2, 0.25) is 0 Å². The number of carbonyl (C=O) groups excluding carboxylic acids is 3. The Balaban J connectivity index is 4.71. The van der Waals surface area contributed by atoms with E-state index in [4.69, 9.17) is 23.3 Å². The van der Waals surface area contributed by atoms with E-state index in [1.54, 1.807) is 0 Å². The number of ether oxygens (including phenoxy) is 3. The minimum Gasteiger partial charge on any atom is -0.462 e. The Kier molecular flexibility index (Phi) is 49.8. The van der Waals surface area contributed by atoms with Gasteiger partial charge < -0.3 is 24.2 Å². The Hall–Kier alpha value is -2.04. The summed E-state index contributed by atoms with van der Waals surface area (Å²) in [5.74, 6) is -1.46. The summed E-state index contributed by atoms with van der Waals surface area (Å²) in [7, 11) is -4.74. The highest BCUT2D eigenvalue weighted by molar-refractivity contribution is 7.47. The summed E-state index contributed by atoms with van der Waals surface area (Å²) < 4.78 is 39.4. The molecular formula is C56H105O11P. The first kappa shape index (κ1) is 66.0. The lowest BCUT2D eigenvalue weighted by atomic mass is 10.1. The Labute approximate surface area is 417 Å². The van der Waals surface area contributed by atoms with E-state index in [0.717, 1.165) is 83.5 Å². The number of aliphatic hydroxyl groups is 1. The van der Waals surface area contributed by atoms with E-state index in [1.165, 1.54) is 135 Å². The van der Waals surface area contributed by atoms with E-state index in [-0.39, 0.29) is 25.9 Å². The van der Waals surface area contributed by atoms with Crippen molar-refractivity contribution < 1.29 is 52.2 Å². The molecule has 0 saturated carbocycles. The maximum absolute atomic E-state index is 12.9. The summed E-state index contributed by atoms with van der Waals surface area (Å²) in [6.45, 7) is 4.63. The molecule has 0 aromatic carbocycles. The summed E-state index contributed by atoms with van der Waals surface area (Å²) in [5, 5.41) is 9.76. The molecule has 0 aromatic heterocycles. The Morgan fingerprint density at radius 3 is 1.01 bits per heavy atom. The molecule has 0 rings (SSSR count). The summed E-state index contributed by atoms with van der Waals surface area (Å²) in [6.07, 6.45) is 50.0. The second-order valence-electron chi connectivity index (χ2n) is 19.1. The molecule has 3 unspecified atom stereocenters. The molecule has 2 N–H and O–H groups in total. The number of rotatable bonds is 53. The number of unbranched alkanes of at least 4 members (excludes halogenated alkanes) is 32. The summed E-state index contributed by atoms with van der Waals surface area (Å²) in [6, 6.07) is 0. The zero-order chi connectivity index (χ0) is 49.9. The number of carbonyl (C=O) groups is 3. The minimum atomic E-state index is -4.74. The molecule has 0 amide bonds. The van der Waals surface area contributed by atoms with Crippen LogP contribution in [0, 0.1) is 0 Å². The van der Waals surface area contributed by atoms with Crippen molar-refractivity contribution in [2.75, 3.05) is 26.4 Å². The van der Waals surface area contributed by atoms with Crippen LogP contribution in [-0.2, 0) is 42.2 Å². The van der Waals surface area contributed by atoms with Gasteiger partial charge in [-0.25, -0.2) is 4.57 Å². The molecule has 0 spiro atoms. The van der Waals surface area contributed by atoms with Crippen molar-refractivity contribution in [3.63, 3.8) is 0 Å². The van der Waals surface area contributed by atoms with Crippen molar-refractivity contribution in [1.82, 2.24) is 0 Å². The molecule has 0 aliphatic carbocycles. The maximum Gasteiger partial charge on any atom is 0.472 e. The average Bonchev–Trinajstić information content (AvgIpc) is 3.32. The summed E-state index contributed by atoms with van der Waals surface area (Å²) in [5.41, 5.74) is 0. The van der Waals surface area contributed by atoms with Gasteiger partial charge in [0, 0.05) is 19.3 Å². The lowest BCUT2D eigenvalue weighted by molar-refractivity contribution is -0.161. The van der Waals surface area contributed by atoms with Crippen LogP contribution in [0.1, 0.15) is 278 Å². The predicted molar refractivity (Wildman–Crippen MR) is 280 cm³/mol. The molecule has 0 aliphatic rings. The number of allylic oxidation sites excluding steroid dienone is 4. The van der Waals surface area contributed by atoms with Gasteiger partial charge in [-0.2, -0.15) is 0 Å². The van der Waals surface area contributed by atoms with Crippen LogP contribution in [0.4, 0.5) is 0 Å². The van der Waals surface area contributed by atoms with Gasteiger partial charge in [0.25, 0.3) is 0 Å². The van der Waals surface area contributed by atoms with E-state index in [2.05, 4.69) is 45.1 Å². The van der Waals surface area contributed by atoms with Crippen molar-refractivity contribution >= 4 is 25.7 Å². The number of esters is 3. The molecule has 12 heteroatoms. The van der Waals surface area contributed by atoms with Gasteiger partial charge in [0.1, 0.15) is 12.7 Å². The number of phosphoric acid groups is 1. The van der Waals surface area contributed by atoms with Crippen LogP contribution < -0.4 is 0 Å². The van der Waals surface area contributed by atoms with Gasteiger partial charge in [-0.05, 0) is 70.6 Å². The van der Waals surface area contributed by atoms with Crippen LogP contribution in [0.3, 0.4) is 0 Å². The van der Waals surface area contributed by atoms with Crippen molar-refractivity contribution in [3.05, 3.63) is 24.3 Å². The predicted octanol–water partition coefficient (Wildman–Crippen LogP) is 16.3. The standard InChI is InChI=1S/C56H105O11P/c1-4-7-10-13-16-19-21-23-25-26-28-30-32-35-38-41-44-47-56(60)67-53(49-63-54(58)45-42-39-36-34-31-29-27-24-22-20-17-14-11-8-5-2)51-65-68(61,62)64-50-52(48-57)66-55(59)46-43-40-37-33-18-15-12-9-6-3/h23-25,27,52-53,57H,4-22,26,28-51H2,1-3H3,(H,61,62)/b25-23-,27-24-. The molecule has 0 fully saturated rings. The van der Waals surface area contributed by atoms with E-state index < -0.39 is 57.8 Å². The lowest BCUT2D eigenvalue weighted by Gasteiger charge is -2.21. The Bertz CT molecular complexity index is 1240. The first-order valence-corrected chi connectivity index (χ1v) is 29.7. The molecular weight excluding hydrogens is 880 g/mol. The fraction of sp³-hybridized carbons (Fsp3) is 0.875. The van der Waals surface area contributed by atoms with Gasteiger partial charge in [0.15, 0.2) is 6.10 Å². The Morgan fingerprint density at radius 1 is 0.397 bits per heavy atom. The molecule has 0 aromatic rings. The second-order valence-corrected chi connectivity index (χ2v) is 20.6. The zero-order valence-electron chi connectivity index (χ0n) is 44.1. The van der Waals surface area contributed by atoms with Crippen LogP contribution in [0.2, 0.25) is 0 Å². The van der Waals surface area contributed by atoms with Crippen LogP contribution in [0.5, 0.6) is 0 Å². The van der Waals surface area contributed by atoms with Crippen molar-refractivity contribution in [2.24, 2.45) is 0 Å². The van der Waals surface area contributed by atoms with Crippen LogP contribution in [0.15, 0.2) is 24.3 Å². The van der Waals surface area contributed by atoms with Gasteiger partial charge >= 0.3 is 25.7 Å². The van der Waals surface area contributed by atoms with E-state index in [0.29, 0.717) is 19.3 Å². The van der Waals surface area contributed by atoms with Gasteiger partial charge in [0.05, 0.1) is 19.8 Å². The summed E-state index contributed by atoms with van der Waals surface area (Å²) in [4.78, 5) is 48.4. The largest absolute Gasteiger partial charge is 0.472 e. The van der Waals surface area contributed by atoms with Crippen LogP contribution >= 0.6 is 7.82 Å². The first-order valence-electron chi connectivity index (χ1n) is 28.2. The smallest absolute Gasteiger partial charge is 0.462 e. The SMILES string of the molecule is CCCCCCCC/C=C\CCCCCCCCCC(=O)OC(COC(=O)CCCCCCC/C=C\CCCCCCCC)COP(=O)(O)OCC(CO)OC(=O)CCCCCCCCCCC. The highest BCUT2D eigenvalue weighted by Gasteiger charge is 2.28. The second kappa shape index (κ2) is 51.3. The van der Waals surface area contributed by atoms with Gasteiger partial charge in [-0.3, -0.25) is 23.4 Å². The third-order valence-electron chi connectivity index (χ3n) is 12.3. The quantitative estimate of drug-likeness (QED) is 0.0197. The molecule has 0 aliphatic heterocycles. The zero-order valence-corrected chi connectivity index (χ0v) is 45.0. The average molecular weight is 985 g/mol. The normalized spacial score (nSPS) is 13.5. The highest BCUT2D eigenvalue weighted by Crippen LogP contribution is 2.43. The fourth-order valence-electron chi connectivity index (χ4n) is 7.99. The molecule has 11 nitrogen and oxygen atoms in total. The highest BCUT2D eigenvalue weighted by atomic mass is 31.2. The molecule has 68 heavy (non-hydrogen) atoms. The summed E-state index contributed by atoms with van der Waals surface area (Å²) >= 11 is 0. The molecule has 3 atom stereocenters. The number of phosphoric ester groups is 1. The van der Waals surface area contributed by atoms with E-state index in [1.807, 2.05) is 0 Å². The van der Waals surface area contributed by atoms with Crippen molar-refractivity contribution in [3.8, 4) is 0 Å². The van der Waals surface area contributed by atoms with Crippen molar-refractivity contribution in [2.45, 2.75) is 290 Å². The first-order chi connectivity index (χ1) is 33.2. The van der Waals surface area contributed by atoms with Gasteiger partial charge in [-0.15, -0.1) is 0 Å².